The maximum absolute atomic E-state index is 11.8. The van der Waals surface area contributed by atoms with E-state index in [1.807, 2.05) is 13.0 Å². The van der Waals surface area contributed by atoms with Crippen LogP contribution in [0.4, 0.5) is 5.13 Å². The van der Waals surface area contributed by atoms with E-state index in [1.54, 1.807) is 0 Å². The third-order valence-electron chi connectivity index (χ3n) is 2.86. The Morgan fingerprint density at radius 2 is 2.10 bits per heavy atom. The molecule has 2 aromatic rings. The van der Waals surface area contributed by atoms with Crippen LogP contribution in [-0.4, -0.2) is 21.9 Å². The molecular weight excluding hydrogens is 290 g/mol. The van der Waals surface area contributed by atoms with Crippen molar-refractivity contribution >= 4 is 34.1 Å². The number of nitrogens with zero attached hydrogens (tertiary/aromatic N) is 2. The Hall–Kier alpha value is -1.40. The third kappa shape index (κ3) is 4.05. The SMILES string of the molecule is CCc1nnc(NC(=O)CSc2ccc(C)c(C)c2)s1. The molecule has 2 rings (SSSR count). The van der Waals surface area contributed by atoms with Gasteiger partial charge in [0.15, 0.2) is 0 Å². The molecule has 0 saturated heterocycles. The Morgan fingerprint density at radius 3 is 2.75 bits per heavy atom. The van der Waals surface area contributed by atoms with Crippen molar-refractivity contribution in [3.63, 3.8) is 0 Å². The molecule has 1 aromatic heterocycles. The summed E-state index contributed by atoms with van der Waals surface area (Å²) in [6.07, 6.45) is 0.838. The van der Waals surface area contributed by atoms with E-state index in [4.69, 9.17) is 0 Å². The molecule has 20 heavy (non-hydrogen) atoms. The minimum Gasteiger partial charge on any atom is -0.300 e. The molecule has 0 aliphatic rings. The van der Waals surface area contributed by atoms with Gasteiger partial charge in [-0.25, -0.2) is 0 Å². The highest BCUT2D eigenvalue weighted by molar-refractivity contribution is 8.00. The summed E-state index contributed by atoms with van der Waals surface area (Å²) < 4.78 is 0. The first-order valence-corrected chi connectivity index (χ1v) is 8.21. The molecule has 1 heterocycles. The number of aromatic nitrogens is 2. The number of carbonyl (C=O) groups is 1. The monoisotopic (exact) mass is 307 g/mol. The van der Waals surface area contributed by atoms with Crippen LogP contribution in [0, 0.1) is 13.8 Å². The highest BCUT2D eigenvalue weighted by atomic mass is 32.2. The molecule has 0 saturated carbocycles. The lowest BCUT2D eigenvalue weighted by atomic mass is 10.1. The number of rotatable bonds is 5. The van der Waals surface area contributed by atoms with Crippen LogP contribution >= 0.6 is 23.1 Å². The van der Waals surface area contributed by atoms with E-state index < -0.39 is 0 Å². The second-order valence-corrected chi connectivity index (χ2v) is 6.55. The normalized spacial score (nSPS) is 10.6. The number of amides is 1. The lowest BCUT2D eigenvalue weighted by Crippen LogP contribution is -2.13. The van der Waals surface area contributed by atoms with Gasteiger partial charge in [0, 0.05) is 4.90 Å². The number of aryl methyl sites for hydroxylation is 3. The molecule has 0 aliphatic carbocycles. The van der Waals surface area contributed by atoms with Crippen LogP contribution in [0.5, 0.6) is 0 Å². The van der Waals surface area contributed by atoms with Crippen molar-refractivity contribution in [2.45, 2.75) is 32.1 Å². The van der Waals surface area contributed by atoms with E-state index in [0.29, 0.717) is 10.9 Å². The highest BCUT2D eigenvalue weighted by Gasteiger charge is 2.08. The van der Waals surface area contributed by atoms with Crippen molar-refractivity contribution in [2.24, 2.45) is 0 Å². The molecule has 0 bridgehead atoms. The number of benzene rings is 1. The molecule has 106 valence electrons. The lowest BCUT2D eigenvalue weighted by Gasteiger charge is -2.04. The predicted octanol–water partition coefficient (Wildman–Crippen LogP) is 3.45. The number of thioether (sulfide) groups is 1. The fourth-order valence-corrected chi connectivity index (χ4v) is 3.04. The quantitative estimate of drug-likeness (QED) is 0.860. The van der Waals surface area contributed by atoms with Crippen molar-refractivity contribution in [1.29, 1.82) is 0 Å². The Bertz CT molecular complexity index is 610. The van der Waals surface area contributed by atoms with Gasteiger partial charge in [-0.15, -0.1) is 22.0 Å². The van der Waals surface area contributed by atoms with Gasteiger partial charge >= 0.3 is 0 Å². The molecule has 1 N–H and O–H groups in total. The zero-order valence-corrected chi connectivity index (χ0v) is 13.4. The zero-order chi connectivity index (χ0) is 14.5. The molecule has 4 nitrogen and oxygen atoms in total. The van der Waals surface area contributed by atoms with Gasteiger partial charge in [-0.2, -0.15) is 0 Å². The van der Waals surface area contributed by atoms with Crippen LogP contribution in [0.2, 0.25) is 0 Å². The largest absolute Gasteiger partial charge is 0.300 e. The Kier molecular flexibility index (Phi) is 5.14. The van der Waals surface area contributed by atoms with Crippen molar-refractivity contribution in [3.8, 4) is 0 Å². The van der Waals surface area contributed by atoms with E-state index in [-0.39, 0.29) is 5.91 Å². The first-order chi connectivity index (χ1) is 9.58. The first kappa shape index (κ1) is 15.0. The Labute approximate surface area is 127 Å². The smallest absolute Gasteiger partial charge is 0.236 e. The predicted molar refractivity (Wildman–Crippen MR) is 84.6 cm³/mol. The number of nitrogens with one attached hydrogen (secondary N) is 1. The van der Waals surface area contributed by atoms with Crippen molar-refractivity contribution in [2.75, 3.05) is 11.1 Å². The van der Waals surface area contributed by atoms with E-state index in [1.165, 1.54) is 34.2 Å². The summed E-state index contributed by atoms with van der Waals surface area (Å²) in [5, 5.41) is 12.2. The standard InChI is InChI=1S/C14H17N3OS2/c1-4-13-16-17-14(20-13)15-12(18)8-19-11-6-5-9(2)10(3)7-11/h5-7H,4,8H2,1-3H3,(H,15,17,18). The second kappa shape index (κ2) is 6.85. The number of anilines is 1. The van der Waals surface area contributed by atoms with Gasteiger partial charge in [-0.05, 0) is 43.5 Å². The van der Waals surface area contributed by atoms with Gasteiger partial charge in [0.25, 0.3) is 0 Å². The van der Waals surface area contributed by atoms with Gasteiger partial charge in [-0.1, -0.05) is 24.3 Å². The molecule has 0 unspecified atom stereocenters. The van der Waals surface area contributed by atoms with E-state index in [0.717, 1.165) is 16.3 Å². The number of carbonyl (C=O) groups excluding carboxylic acids is 1. The summed E-state index contributed by atoms with van der Waals surface area (Å²) in [5.41, 5.74) is 2.51. The van der Waals surface area contributed by atoms with Gasteiger partial charge < -0.3 is 0 Å². The molecular formula is C14H17N3OS2. The summed E-state index contributed by atoms with van der Waals surface area (Å²) >= 11 is 2.95. The Morgan fingerprint density at radius 1 is 1.30 bits per heavy atom. The summed E-state index contributed by atoms with van der Waals surface area (Å²) in [5.74, 6) is 0.329. The minimum absolute atomic E-state index is 0.0490. The van der Waals surface area contributed by atoms with Gasteiger partial charge in [0.05, 0.1) is 5.75 Å². The maximum atomic E-state index is 11.8. The average Bonchev–Trinajstić information content (AvgIpc) is 2.88. The van der Waals surface area contributed by atoms with Crippen molar-refractivity contribution in [1.82, 2.24) is 10.2 Å². The van der Waals surface area contributed by atoms with Gasteiger partial charge in [0.1, 0.15) is 5.01 Å². The molecule has 0 spiro atoms. The summed E-state index contributed by atoms with van der Waals surface area (Å²) in [4.78, 5) is 12.9. The molecule has 1 aromatic carbocycles. The van der Waals surface area contributed by atoms with Crippen LogP contribution in [0.15, 0.2) is 23.1 Å². The van der Waals surface area contributed by atoms with Crippen LogP contribution in [0.25, 0.3) is 0 Å². The van der Waals surface area contributed by atoms with Crippen LogP contribution in [-0.2, 0) is 11.2 Å². The summed E-state index contributed by atoms with van der Waals surface area (Å²) in [6, 6.07) is 6.22. The van der Waals surface area contributed by atoms with Crippen molar-refractivity contribution < 1.29 is 4.79 Å². The van der Waals surface area contributed by atoms with Crippen LogP contribution in [0.1, 0.15) is 23.1 Å². The van der Waals surface area contributed by atoms with E-state index in [9.17, 15) is 4.79 Å². The fraction of sp³-hybridized carbons (Fsp3) is 0.357. The molecule has 6 heteroatoms. The Balaban J connectivity index is 1.87. The maximum Gasteiger partial charge on any atom is 0.236 e. The molecule has 0 radical (unpaired) electrons. The zero-order valence-electron chi connectivity index (χ0n) is 11.8. The molecule has 0 fully saturated rings. The summed E-state index contributed by atoms with van der Waals surface area (Å²) in [6.45, 7) is 6.17. The fourth-order valence-electron chi connectivity index (χ4n) is 1.55. The number of hydrogen-bond acceptors (Lipinski definition) is 5. The van der Waals surface area contributed by atoms with Gasteiger partial charge in [-0.3, -0.25) is 10.1 Å². The van der Waals surface area contributed by atoms with Crippen LogP contribution in [0.3, 0.4) is 0 Å². The molecule has 0 aliphatic heterocycles. The third-order valence-corrected chi connectivity index (χ3v) is 4.84. The minimum atomic E-state index is -0.0490. The highest BCUT2D eigenvalue weighted by Crippen LogP contribution is 2.22. The van der Waals surface area contributed by atoms with Crippen molar-refractivity contribution in [3.05, 3.63) is 34.3 Å². The first-order valence-electron chi connectivity index (χ1n) is 6.40. The topological polar surface area (TPSA) is 54.9 Å². The average molecular weight is 307 g/mol. The lowest BCUT2D eigenvalue weighted by molar-refractivity contribution is -0.113. The van der Waals surface area contributed by atoms with E-state index >= 15 is 0 Å². The van der Waals surface area contributed by atoms with Gasteiger partial charge in [0.2, 0.25) is 11.0 Å². The molecule has 0 atom stereocenters. The second-order valence-electron chi connectivity index (χ2n) is 4.44. The summed E-state index contributed by atoms with van der Waals surface area (Å²) in [7, 11) is 0. The molecule has 1 amide bonds. The van der Waals surface area contributed by atoms with Crippen LogP contribution < -0.4 is 5.32 Å². The number of hydrogen-bond donors (Lipinski definition) is 1. The van der Waals surface area contributed by atoms with E-state index in [2.05, 4.69) is 41.5 Å².